The van der Waals surface area contributed by atoms with E-state index in [2.05, 4.69) is 19.9 Å². The summed E-state index contributed by atoms with van der Waals surface area (Å²) in [5, 5.41) is 0. The number of allylic oxidation sites excluding steroid dienone is 4. The Morgan fingerprint density at radius 2 is 1.93 bits per heavy atom. The molecule has 0 radical (unpaired) electrons. The third-order valence-electron chi connectivity index (χ3n) is 3.12. The zero-order valence-electron chi connectivity index (χ0n) is 9.40. The Bertz CT molecular complexity index is 258. The fourth-order valence-electron chi connectivity index (χ4n) is 2.59. The van der Waals surface area contributed by atoms with Crippen LogP contribution in [0.1, 0.15) is 52.4 Å². The molecular weight excluding hydrogens is 247 g/mol. The molecule has 0 fully saturated rings. The first-order valence-corrected chi connectivity index (χ1v) is 5.66. The Morgan fingerprint density at radius 1 is 1.21 bits per heavy atom. The quantitative estimate of drug-likeness (QED) is 0.702. The summed E-state index contributed by atoms with van der Waals surface area (Å²) in [6.45, 7) is 4.64. The van der Waals surface area contributed by atoms with Crippen LogP contribution in [-0.2, 0) is 26.2 Å². The molecule has 2 aliphatic carbocycles. The van der Waals surface area contributed by atoms with Gasteiger partial charge < -0.3 is 0 Å². The molecule has 2 rings (SSSR count). The molecule has 0 aromatic carbocycles. The van der Waals surface area contributed by atoms with Gasteiger partial charge in [-0.1, -0.05) is 31.1 Å². The van der Waals surface area contributed by atoms with Crippen LogP contribution in [0.25, 0.3) is 0 Å². The maximum absolute atomic E-state index is 2.49. The summed E-state index contributed by atoms with van der Waals surface area (Å²) in [6, 6.07) is 0. The fraction of sp³-hybridized carbons (Fsp3) is 0.692. The Labute approximate surface area is 107 Å². The second-order valence-electron chi connectivity index (χ2n) is 4.91. The maximum atomic E-state index is 2.49. The Morgan fingerprint density at radius 3 is 2.57 bits per heavy atom. The van der Waals surface area contributed by atoms with Gasteiger partial charge in [-0.05, 0) is 50.0 Å². The number of hydrogen-bond acceptors (Lipinski definition) is 0. The molecule has 0 saturated carbocycles. The molecule has 0 unspecified atom stereocenters. The van der Waals surface area contributed by atoms with E-state index in [0.29, 0.717) is 0 Å². The van der Waals surface area contributed by atoms with Gasteiger partial charge in [0, 0.05) is 26.2 Å². The third kappa shape index (κ3) is 2.92. The Hall–Kier alpha value is 0.363. The first kappa shape index (κ1) is 12.4. The molecule has 0 aromatic heterocycles. The van der Waals surface area contributed by atoms with Crippen molar-refractivity contribution in [2.45, 2.75) is 52.4 Å². The van der Waals surface area contributed by atoms with Crippen molar-refractivity contribution in [2.24, 2.45) is 5.92 Å². The normalized spacial score (nSPS) is 20.6. The number of rotatable bonds is 2. The van der Waals surface area contributed by atoms with E-state index < -0.39 is 0 Å². The van der Waals surface area contributed by atoms with Crippen LogP contribution in [0.5, 0.6) is 0 Å². The smallest absolute Gasteiger partial charge is 0 e. The van der Waals surface area contributed by atoms with E-state index >= 15 is 0 Å². The first-order valence-electron chi connectivity index (χ1n) is 5.66. The SMILES string of the molecule is CC(C)CC1=CC2=C(CCCC2)C1.[Zr]. The van der Waals surface area contributed by atoms with Crippen LogP contribution < -0.4 is 0 Å². The van der Waals surface area contributed by atoms with Gasteiger partial charge in [0.05, 0.1) is 0 Å². The van der Waals surface area contributed by atoms with Crippen molar-refractivity contribution in [3.8, 4) is 0 Å². The van der Waals surface area contributed by atoms with Crippen LogP contribution in [0.2, 0.25) is 0 Å². The van der Waals surface area contributed by atoms with Crippen LogP contribution in [0, 0.1) is 5.92 Å². The van der Waals surface area contributed by atoms with E-state index in [1.54, 1.807) is 16.7 Å². The van der Waals surface area contributed by atoms with Gasteiger partial charge in [0.15, 0.2) is 0 Å². The van der Waals surface area contributed by atoms with Gasteiger partial charge in [-0.25, -0.2) is 0 Å². The summed E-state index contributed by atoms with van der Waals surface area (Å²) in [5.41, 5.74) is 5.16. The monoisotopic (exact) mass is 266 g/mol. The van der Waals surface area contributed by atoms with Crippen LogP contribution >= 0.6 is 0 Å². The molecule has 0 N–H and O–H groups in total. The molecule has 0 saturated heterocycles. The minimum absolute atomic E-state index is 0. The van der Waals surface area contributed by atoms with Crippen LogP contribution in [0.3, 0.4) is 0 Å². The maximum Gasteiger partial charge on any atom is 0 e. The topological polar surface area (TPSA) is 0 Å². The van der Waals surface area contributed by atoms with Crippen molar-refractivity contribution in [3.05, 3.63) is 22.8 Å². The predicted molar refractivity (Wildman–Crippen MR) is 57.6 cm³/mol. The van der Waals surface area contributed by atoms with Crippen molar-refractivity contribution in [3.63, 3.8) is 0 Å². The summed E-state index contributed by atoms with van der Waals surface area (Å²) >= 11 is 0. The zero-order chi connectivity index (χ0) is 9.26. The average molecular weight is 268 g/mol. The summed E-state index contributed by atoms with van der Waals surface area (Å²) in [6.07, 6.45) is 10.7. The van der Waals surface area contributed by atoms with Gasteiger partial charge in [0.25, 0.3) is 0 Å². The predicted octanol–water partition coefficient (Wildman–Crippen LogP) is 4.23. The molecular formula is C13H20Zr. The van der Waals surface area contributed by atoms with Crippen LogP contribution in [0.15, 0.2) is 22.8 Å². The van der Waals surface area contributed by atoms with E-state index in [-0.39, 0.29) is 26.2 Å². The molecule has 14 heavy (non-hydrogen) atoms. The molecule has 0 heterocycles. The van der Waals surface area contributed by atoms with Gasteiger partial charge in [0.1, 0.15) is 0 Å². The standard InChI is InChI=1S/C13H20.Zr/c1-10(2)7-11-8-12-5-3-4-6-13(12)9-11;/h8,10H,3-7,9H2,1-2H3;. The summed E-state index contributed by atoms with van der Waals surface area (Å²) in [5.74, 6) is 0.826. The van der Waals surface area contributed by atoms with Gasteiger partial charge in [-0.2, -0.15) is 0 Å². The largest absolute Gasteiger partial charge is 0.0656 e. The van der Waals surface area contributed by atoms with Crippen LogP contribution in [0.4, 0.5) is 0 Å². The van der Waals surface area contributed by atoms with Gasteiger partial charge >= 0.3 is 0 Å². The van der Waals surface area contributed by atoms with E-state index in [1.807, 2.05) is 0 Å². The Balaban J connectivity index is 0.000000980. The molecule has 2 aliphatic rings. The second-order valence-corrected chi connectivity index (χ2v) is 4.91. The van der Waals surface area contributed by atoms with Gasteiger partial charge in [0.2, 0.25) is 0 Å². The van der Waals surface area contributed by atoms with Crippen LogP contribution in [-0.4, -0.2) is 0 Å². The third-order valence-corrected chi connectivity index (χ3v) is 3.12. The minimum Gasteiger partial charge on any atom is -0.0656 e. The molecule has 0 amide bonds. The van der Waals surface area contributed by atoms with E-state index in [4.69, 9.17) is 0 Å². The molecule has 0 aliphatic heterocycles. The zero-order valence-corrected chi connectivity index (χ0v) is 11.9. The average Bonchev–Trinajstić information content (AvgIpc) is 2.44. The molecule has 0 aromatic rings. The van der Waals surface area contributed by atoms with E-state index in [9.17, 15) is 0 Å². The molecule has 0 spiro atoms. The number of hydrogen-bond donors (Lipinski definition) is 0. The van der Waals surface area contributed by atoms with Crippen molar-refractivity contribution in [1.29, 1.82) is 0 Å². The van der Waals surface area contributed by atoms with Crippen molar-refractivity contribution < 1.29 is 26.2 Å². The molecule has 0 atom stereocenters. The van der Waals surface area contributed by atoms with Crippen molar-refractivity contribution >= 4 is 0 Å². The van der Waals surface area contributed by atoms with E-state index in [1.165, 1.54) is 38.5 Å². The van der Waals surface area contributed by atoms with Crippen molar-refractivity contribution in [1.82, 2.24) is 0 Å². The molecule has 1 heteroatoms. The molecule has 0 bridgehead atoms. The molecule has 0 nitrogen and oxygen atoms in total. The summed E-state index contributed by atoms with van der Waals surface area (Å²) in [7, 11) is 0. The van der Waals surface area contributed by atoms with Crippen molar-refractivity contribution in [2.75, 3.05) is 0 Å². The van der Waals surface area contributed by atoms with Gasteiger partial charge in [-0.3, -0.25) is 0 Å². The second kappa shape index (κ2) is 5.45. The minimum atomic E-state index is 0. The first-order chi connectivity index (χ1) is 6.25. The van der Waals surface area contributed by atoms with E-state index in [0.717, 1.165) is 5.92 Å². The Kier molecular flexibility index (Phi) is 4.84. The summed E-state index contributed by atoms with van der Waals surface area (Å²) < 4.78 is 0. The molecule has 76 valence electrons. The summed E-state index contributed by atoms with van der Waals surface area (Å²) in [4.78, 5) is 0. The fourth-order valence-corrected chi connectivity index (χ4v) is 2.59. The van der Waals surface area contributed by atoms with Gasteiger partial charge in [-0.15, -0.1) is 0 Å².